The molecule has 1 aliphatic heterocycles. The normalized spacial score (nSPS) is 17.1. The zero-order chi connectivity index (χ0) is 16.4. The first-order chi connectivity index (χ1) is 11.8. The maximum Gasteiger partial charge on any atom is 0.259 e. The van der Waals surface area contributed by atoms with Gasteiger partial charge in [0.15, 0.2) is 5.13 Å². The predicted octanol–water partition coefficient (Wildman–Crippen LogP) is 3.11. The van der Waals surface area contributed by atoms with Crippen molar-refractivity contribution in [2.75, 3.05) is 18.5 Å². The number of hydrogen-bond donors (Lipinski definition) is 1. The number of ether oxygens (including phenoxy) is 2. The summed E-state index contributed by atoms with van der Waals surface area (Å²) >= 11 is 1.44. The number of rotatable bonds is 4. The first-order valence-electron chi connectivity index (χ1n) is 7.65. The number of para-hydroxylation sites is 1. The van der Waals surface area contributed by atoms with E-state index in [9.17, 15) is 4.79 Å². The fourth-order valence-corrected chi connectivity index (χ4v) is 3.32. The van der Waals surface area contributed by atoms with E-state index in [4.69, 9.17) is 9.47 Å². The van der Waals surface area contributed by atoms with E-state index in [1.807, 2.05) is 24.3 Å². The van der Waals surface area contributed by atoms with Gasteiger partial charge in [0, 0.05) is 18.7 Å². The van der Waals surface area contributed by atoms with Gasteiger partial charge in [0.25, 0.3) is 5.91 Å². The van der Waals surface area contributed by atoms with Crippen LogP contribution in [0.3, 0.4) is 0 Å². The van der Waals surface area contributed by atoms with Crippen LogP contribution in [0.4, 0.5) is 5.13 Å². The summed E-state index contributed by atoms with van der Waals surface area (Å²) < 4.78 is 12.0. The molecule has 6 nitrogen and oxygen atoms in total. The first kappa shape index (κ1) is 15.0. The van der Waals surface area contributed by atoms with Crippen molar-refractivity contribution in [2.45, 2.75) is 12.5 Å². The Morgan fingerprint density at radius 2 is 2.21 bits per heavy atom. The van der Waals surface area contributed by atoms with Gasteiger partial charge < -0.3 is 9.47 Å². The highest BCUT2D eigenvalue weighted by molar-refractivity contribution is 7.22. The van der Waals surface area contributed by atoms with Crippen LogP contribution in [0.5, 0.6) is 5.88 Å². The Morgan fingerprint density at radius 1 is 1.29 bits per heavy atom. The topological polar surface area (TPSA) is 73.3 Å². The van der Waals surface area contributed by atoms with Crippen LogP contribution in [0.1, 0.15) is 16.8 Å². The average molecular weight is 341 g/mol. The second-order valence-electron chi connectivity index (χ2n) is 5.43. The van der Waals surface area contributed by atoms with Crippen LogP contribution >= 0.6 is 11.3 Å². The van der Waals surface area contributed by atoms with Gasteiger partial charge in [-0.05, 0) is 18.2 Å². The van der Waals surface area contributed by atoms with Crippen molar-refractivity contribution in [2.24, 2.45) is 0 Å². The second-order valence-corrected chi connectivity index (χ2v) is 6.46. The molecule has 7 heteroatoms. The van der Waals surface area contributed by atoms with Gasteiger partial charge in [-0.2, -0.15) is 0 Å². The molecule has 1 fully saturated rings. The summed E-state index contributed by atoms with van der Waals surface area (Å²) in [7, 11) is 0. The molecule has 2 aromatic heterocycles. The molecule has 3 aromatic rings. The maximum absolute atomic E-state index is 12.3. The number of fused-ring (bicyclic) bond motifs is 1. The fourth-order valence-electron chi connectivity index (χ4n) is 2.46. The van der Waals surface area contributed by atoms with Crippen molar-refractivity contribution in [3.05, 3.63) is 48.2 Å². The Morgan fingerprint density at radius 3 is 2.96 bits per heavy atom. The van der Waals surface area contributed by atoms with Crippen molar-refractivity contribution >= 4 is 32.6 Å². The number of anilines is 1. The predicted molar refractivity (Wildman–Crippen MR) is 91.7 cm³/mol. The van der Waals surface area contributed by atoms with Gasteiger partial charge in [-0.1, -0.05) is 23.5 Å². The molecule has 1 aliphatic rings. The Labute approximate surface area is 142 Å². The zero-order valence-corrected chi connectivity index (χ0v) is 13.6. The van der Waals surface area contributed by atoms with Gasteiger partial charge in [0.1, 0.15) is 6.10 Å². The van der Waals surface area contributed by atoms with Crippen LogP contribution in [-0.2, 0) is 4.74 Å². The minimum Gasteiger partial charge on any atom is -0.472 e. The van der Waals surface area contributed by atoms with Gasteiger partial charge in [0.2, 0.25) is 5.88 Å². The molecular weight excluding hydrogens is 326 g/mol. The quantitative estimate of drug-likeness (QED) is 0.789. The molecule has 24 heavy (non-hydrogen) atoms. The standard InChI is InChI=1S/C17H15N3O3S/c21-16(20-17-19-13-3-1-2-4-14(13)24-17)11-5-6-15(18-9-11)23-12-7-8-22-10-12/h1-6,9,12H,7-8,10H2,(H,19,20,21)/t12-/m0/s1. The monoisotopic (exact) mass is 341 g/mol. The number of benzene rings is 1. The van der Waals surface area contributed by atoms with E-state index >= 15 is 0 Å². The molecule has 4 rings (SSSR count). The van der Waals surface area contributed by atoms with Crippen molar-refractivity contribution < 1.29 is 14.3 Å². The van der Waals surface area contributed by atoms with Gasteiger partial charge in [-0.3, -0.25) is 10.1 Å². The number of nitrogens with one attached hydrogen (secondary N) is 1. The Hall–Kier alpha value is -2.51. The molecule has 1 atom stereocenters. The number of pyridine rings is 1. The van der Waals surface area contributed by atoms with Crippen LogP contribution in [0.2, 0.25) is 0 Å². The minimum absolute atomic E-state index is 0.0416. The highest BCUT2D eigenvalue weighted by atomic mass is 32.1. The lowest BCUT2D eigenvalue weighted by Gasteiger charge is -2.10. The largest absolute Gasteiger partial charge is 0.472 e. The van der Waals surface area contributed by atoms with Crippen molar-refractivity contribution in [1.29, 1.82) is 0 Å². The molecular formula is C17H15N3O3S. The third kappa shape index (κ3) is 3.22. The molecule has 0 spiro atoms. The van der Waals surface area contributed by atoms with E-state index < -0.39 is 0 Å². The Bertz CT molecular complexity index is 824. The van der Waals surface area contributed by atoms with Gasteiger partial charge in [-0.25, -0.2) is 9.97 Å². The maximum atomic E-state index is 12.3. The lowest BCUT2D eigenvalue weighted by atomic mass is 10.2. The molecule has 0 unspecified atom stereocenters. The molecule has 0 bridgehead atoms. The molecule has 122 valence electrons. The van der Waals surface area contributed by atoms with E-state index in [2.05, 4.69) is 15.3 Å². The molecule has 1 amide bonds. The smallest absolute Gasteiger partial charge is 0.259 e. The summed E-state index contributed by atoms with van der Waals surface area (Å²) in [5.74, 6) is 0.263. The molecule has 3 heterocycles. The van der Waals surface area contributed by atoms with Crippen LogP contribution in [0.15, 0.2) is 42.6 Å². The minimum atomic E-state index is -0.239. The molecule has 1 aromatic carbocycles. The average Bonchev–Trinajstić information content (AvgIpc) is 3.24. The number of amides is 1. The third-order valence-corrected chi connectivity index (χ3v) is 4.64. The molecule has 1 N–H and O–H groups in total. The van der Waals surface area contributed by atoms with Crippen molar-refractivity contribution in [1.82, 2.24) is 9.97 Å². The van der Waals surface area contributed by atoms with Gasteiger partial charge in [0.05, 0.1) is 29.0 Å². The highest BCUT2D eigenvalue weighted by Gasteiger charge is 2.18. The van der Waals surface area contributed by atoms with Gasteiger partial charge >= 0.3 is 0 Å². The van der Waals surface area contributed by atoms with E-state index in [0.717, 1.165) is 16.6 Å². The highest BCUT2D eigenvalue weighted by Crippen LogP contribution is 2.25. The molecule has 0 saturated carbocycles. The molecule has 0 radical (unpaired) electrons. The molecule has 0 aliphatic carbocycles. The van der Waals surface area contributed by atoms with E-state index in [1.54, 1.807) is 12.1 Å². The second kappa shape index (κ2) is 6.54. The van der Waals surface area contributed by atoms with Gasteiger partial charge in [-0.15, -0.1) is 0 Å². The van der Waals surface area contributed by atoms with Crippen molar-refractivity contribution in [3.8, 4) is 5.88 Å². The summed E-state index contributed by atoms with van der Waals surface area (Å²) in [5.41, 5.74) is 1.34. The Balaban J connectivity index is 1.43. The van der Waals surface area contributed by atoms with Crippen LogP contribution in [0, 0.1) is 0 Å². The van der Waals surface area contributed by atoms with Crippen LogP contribution < -0.4 is 10.1 Å². The summed E-state index contributed by atoms with van der Waals surface area (Å²) in [6.45, 7) is 1.30. The third-order valence-electron chi connectivity index (χ3n) is 3.69. The number of aromatic nitrogens is 2. The zero-order valence-electron chi connectivity index (χ0n) is 12.8. The summed E-state index contributed by atoms with van der Waals surface area (Å²) in [5, 5.41) is 3.38. The van der Waals surface area contributed by atoms with Crippen LogP contribution in [0.25, 0.3) is 10.2 Å². The number of nitrogens with zero attached hydrogens (tertiary/aromatic N) is 2. The van der Waals surface area contributed by atoms with E-state index in [-0.39, 0.29) is 12.0 Å². The van der Waals surface area contributed by atoms with Crippen molar-refractivity contribution in [3.63, 3.8) is 0 Å². The number of thiazole rings is 1. The fraction of sp³-hybridized carbons (Fsp3) is 0.235. The first-order valence-corrected chi connectivity index (χ1v) is 8.47. The lowest BCUT2D eigenvalue weighted by molar-refractivity contribution is 0.102. The molecule has 1 saturated heterocycles. The van der Waals surface area contributed by atoms with E-state index in [1.165, 1.54) is 17.5 Å². The lowest BCUT2D eigenvalue weighted by Crippen LogP contribution is -2.17. The number of carbonyl (C=O) groups is 1. The Kier molecular flexibility index (Phi) is 4.10. The summed E-state index contributed by atoms with van der Waals surface area (Å²) in [4.78, 5) is 20.9. The number of hydrogen-bond acceptors (Lipinski definition) is 6. The SMILES string of the molecule is O=C(Nc1nc2ccccc2s1)c1ccc(O[C@H]2CCOC2)nc1. The van der Waals surface area contributed by atoms with Crippen LogP contribution in [-0.4, -0.2) is 35.2 Å². The summed E-state index contributed by atoms with van der Waals surface area (Å²) in [6, 6.07) is 11.2. The van der Waals surface area contributed by atoms with E-state index in [0.29, 0.717) is 29.8 Å². The number of carbonyl (C=O) groups excluding carboxylic acids is 1. The summed E-state index contributed by atoms with van der Waals surface area (Å²) in [6.07, 6.45) is 2.41.